The number of phenols is 2. The molecule has 3 aromatic rings. The molecule has 3 fully saturated rings. The highest BCUT2D eigenvalue weighted by atomic mass is 16.5. The quantitative estimate of drug-likeness (QED) is 0.0810. The minimum absolute atomic E-state index is 0.00793. The van der Waals surface area contributed by atoms with Gasteiger partial charge in [0.1, 0.15) is 5.75 Å². The molecule has 0 saturated heterocycles. The van der Waals surface area contributed by atoms with Crippen molar-refractivity contribution in [1.29, 1.82) is 0 Å². The molecule has 3 aromatic carbocycles. The number of Topliss-reactive ketones (excluding diaryl/α,β-unsaturated/α-hetero) is 1. The number of phenolic OH excluding ortho intramolecular Hbond substituents is 2. The van der Waals surface area contributed by atoms with Gasteiger partial charge in [0, 0.05) is 49.5 Å². The summed E-state index contributed by atoms with van der Waals surface area (Å²) in [6.45, 7) is 4.72. The van der Waals surface area contributed by atoms with Crippen LogP contribution in [0.25, 0.3) is 0 Å². The second-order valence-corrected chi connectivity index (χ2v) is 24.1. The third-order valence-corrected chi connectivity index (χ3v) is 19.7. The van der Waals surface area contributed by atoms with E-state index in [0.717, 1.165) is 110 Å². The average molecular weight is 1000 g/mol. The number of nitrogens with one attached hydrogen (secondary N) is 1. The van der Waals surface area contributed by atoms with E-state index in [1.807, 2.05) is 18.2 Å². The summed E-state index contributed by atoms with van der Waals surface area (Å²) in [4.78, 5) is 20.1. The summed E-state index contributed by atoms with van der Waals surface area (Å²) in [6, 6.07) is 15.1. The zero-order valence-corrected chi connectivity index (χ0v) is 44.3. The number of benzene rings is 3. The van der Waals surface area contributed by atoms with Gasteiger partial charge in [0.25, 0.3) is 0 Å². The van der Waals surface area contributed by atoms with E-state index in [1.165, 1.54) is 28.7 Å². The first-order valence-corrected chi connectivity index (χ1v) is 28.8. The lowest BCUT2D eigenvalue weighted by atomic mass is 9.55. The van der Waals surface area contributed by atoms with Crippen LogP contribution in [0.3, 0.4) is 0 Å². The normalized spacial score (nSPS) is 31.5. The zero-order chi connectivity index (χ0) is 51.3. The van der Waals surface area contributed by atoms with Crippen LogP contribution in [0.1, 0.15) is 179 Å². The number of ketones is 1. The fraction of sp³-hybridized carbons (Fsp3) is 0.594. The van der Waals surface area contributed by atoms with E-state index in [2.05, 4.69) is 61.3 Å². The fourth-order valence-corrected chi connectivity index (χ4v) is 16.4. The minimum atomic E-state index is -0.339. The largest absolute Gasteiger partial charge is 0.508 e. The second-order valence-electron chi connectivity index (χ2n) is 24.1. The van der Waals surface area contributed by atoms with Gasteiger partial charge in [-0.15, -0.1) is 0 Å². The first kappa shape index (κ1) is 51.0. The van der Waals surface area contributed by atoms with Crippen LogP contribution in [0.2, 0.25) is 0 Å². The molecule has 8 aliphatic rings. The summed E-state index contributed by atoms with van der Waals surface area (Å²) in [5.41, 5.74) is 18.4. The molecule has 8 bridgehead atoms. The Morgan fingerprint density at radius 3 is 2.59 bits per heavy atom. The Balaban J connectivity index is 1.10. The van der Waals surface area contributed by atoms with Crippen molar-refractivity contribution >= 4 is 11.7 Å². The van der Waals surface area contributed by atoms with Gasteiger partial charge in [-0.3, -0.25) is 4.79 Å². The Bertz CT molecular complexity index is 2780. The molecular weight excluding hydrogens is 923 g/mol. The number of methoxy groups -OCH3 is 1. The van der Waals surface area contributed by atoms with Crippen molar-refractivity contribution in [1.82, 2.24) is 5.32 Å². The molecule has 10 nitrogen and oxygen atoms in total. The van der Waals surface area contributed by atoms with E-state index in [1.54, 1.807) is 7.11 Å². The van der Waals surface area contributed by atoms with E-state index in [0.29, 0.717) is 74.2 Å². The second kappa shape index (κ2) is 21.5. The number of guanidine groups is 1. The van der Waals surface area contributed by atoms with Crippen molar-refractivity contribution in [2.45, 2.75) is 172 Å². The van der Waals surface area contributed by atoms with Crippen molar-refractivity contribution in [2.24, 2.45) is 52.2 Å². The van der Waals surface area contributed by atoms with E-state index in [9.17, 15) is 25.2 Å². The van der Waals surface area contributed by atoms with Crippen LogP contribution in [0.15, 0.2) is 70.3 Å². The number of aliphatic imine (C=N–C) groups is 1. The molecule has 1 spiro atoms. The number of ether oxygens (including phenoxy) is 2. The summed E-state index contributed by atoms with van der Waals surface area (Å²) < 4.78 is 13.2. The number of aliphatic hydroxyl groups is 2. The van der Waals surface area contributed by atoms with E-state index < -0.39 is 0 Å². The van der Waals surface area contributed by atoms with Crippen LogP contribution >= 0.6 is 0 Å². The van der Waals surface area contributed by atoms with Crippen molar-refractivity contribution < 1.29 is 34.7 Å². The van der Waals surface area contributed by atoms with Gasteiger partial charge in [-0.25, -0.2) is 4.99 Å². The molecule has 11 rings (SSSR count). The maximum Gasteiger partial charge on any atom is 0.189 e. The van der Waals surface area contributed by atoms with Gasteiger partial charge in [0.2, 0.25) is 0 Å². The number of aromatic hydroxyl groups is 2. The van der Waals surface area contributed by atoms with Crippen molar-refractivity contribution in [3.63, 3.8) is 0 Å². The number of nitrogens with zero attached hydrogens (tertiary/aromatic N) is 1. The van der Waals surface area contributed by atoms with Crippen LogP contribution in [0.4, 0.5) is 0 Å². The summed E-state index contributed by atoms with van der Waals surface area (Å²) in [5, 5.41) is 49.8. The van der Waals surface area contributed by atoms with Gasteiger partial charge in [0.05, 0.1) is 30.9 Å². The minimum Gasteiger partial charge on any atom is -0.508 e. The van der Waals surface area contributed by atoms with Gasteiger partial charge < -0.3 is 41.0 Å². The molecule has 11 unspecified atom stereocenters. The predicted octanol–water partition coefficient (Wildman–Crippen LogP) is 10.7. The smallest absolute Gasteiger partial charge is 0.189 e. The maximum atomic E-state index is 14.6. The number of carbonyl (C=O) groups is 1. The Labute approximate surface area is 439 Å². The van der Waals surface area contributed by atoms with Gasteiger partial charge in [-0.2, -0.15) is 0 Å². The van der Waals surface area contributed by atoms with E-state index in [4.69, 9.17) is 20.2 Å². The number of aryl methyl sites for hydroxylation is 2. The lowest BCUT2D eigenvalue weighted by Gasteiger charge is -2.50. The van der Waals surface area contributed by atoms with Gasteiger partial charge >= 0.3 is 0 Å². The lowest BCUT2D eigenvalue weighted by molar-refractivity contribution is -0.116. The molecule has 3 saturated carbocycles. The van der Waals surface area contributed by atoms with Gasteiger partial charge in [0.15, 0.2) is 23.2 Å². The summed E-state index contributed by atoms with van der Waals surface area (Å²) in [5.74, 6) is 9.20. The third-order valence-electron chi connectivity index (χ3n) is 19.7. The van der Waals surface area contributed by atoms with Crippen LogP contribution in [0, 0.1) is 53.3 Å². The molecule has 0 radical (unpaired) electrons. The van der Waals surface area contributed by atoms with Crippen molar-refractivity contribution in [3.05, 3.63) is 110 Å². The maximum absolute atomic E-state index is 14.6. The monoisotopic (exact) mass is 1000 g/mol. The van der Waals surface area contributed by atoms with Crippen LogP contribution in [-0.2, 0) is 34.3 Å². The molecule has 74 heavy (non-hydrogen) atoms. The predicted molar refractivity (Wildman–Crippen MR) is 290 cm³/mol. The molecule has 0 amide bonds. The SMILES string of the molecule is CCC1C(CO)=C(C(=O)CCc2cc(OC3CCCC3)c(O)c3c2C#CCC2CC4C=C5C(CC(C)CC5C3C4COC)c3cc(O)cc(c3)Cc3ccc4c(c3)C3(CCCCC3CC4)NC(N)=N2)CCC1CO. The first-order valence-electron chi connectivity index (χ1n) is 28.8. The van der Waals surface area contributed by atoms with Crippen LogP contribution < -0.4 is 15.8 Å². The number of allylic oxidation sites excluding steroid dienone is 3. The molecule has 0 aromatic heterocycles. The van der Waals surface area contributed by atoms with E-state index >= 15 is 0 Å². The number of carbonyl (C=O) groups excluding carboxylic acids is 1. The number of hydrogen-bond donors (Lipinski definition) is 6. The number of nitrogens with two attached hydrogens (primary N) is 1. The molecule has 1 aliphatic heterocycles. The number of fused-ring (bicyclic) bond motifs is 9. The Kier molecular flexibility index (Phi) is 14.8. The highest BCUT2D eigenvalue weighted by Gasteiger charge is 2.50. The lowest BCUT2D eigenvalue weighted by Crippen LogP contribution is -2.57. The summed E-state index contributed by atoms with van der Waals surface area (Å²) in [6.07, 6.45) is 19.4. The van der Waals surface area contributed by atoms with Gasteiger partial charge in [-0.1, -0.05) is 74.4 Å². The van der Waals surface area contributed by atoms with Crippen LogP contribution in [-0.4, -0.2) is 71.2 Å². The molecule has 7 aliphatic carbocycles. The zero-order valence-electron chi connectivity index (χ0n) is 44.3. The fourth-order valence-electron chi connectivity index (χ4n) is 16.4. The molecular formula is C64H81N3O7. The summed E-state index contributed by atoms with van der Waals surface area (Å²) in [7, 11) is 1.79. The highest BCUT2D eigenvalue weighted by Crippen LogP contribution is 2.60. The Hall–Kier alpha value is -5.08. The first-order chi connectivity index (χ1) is 36.0. The molecule has 394 valence electrons. The van der Waals surface area contributed by atoms with Crippen LogP contribution in [0.5, 0.6) is 17.2 Å². The summed E-state index contributed by atoms with van der Waals surface area (Å²) >= 11 is 0. The number of hydrogen-bond acceptors (Lipinski definition) is 10. The number of aliphatic hydroxyl groups excluding tert-OH is 2. The molecule has 11 atom stereocenters. The average Bonchev–Trinajstić information content (AvgIpc) is 3.94. The topological polar surface area (TPSA) is 167 Å². The number of rotatable bonds is 11. The molecule has 10 heteroatoms. The molecule has 1 heterocycles. The standard InChI is InChI=1S/C64H81N3O7/c1-4-49-42(34-68)18-21-51(55(49)35-69)58(71)22-19-41-33-59(74-48-12-5-6-13-48)62(72)61-50(41)14-9-11-46-30-44-32-53-52(24-37(2)25-54(53)60(61)56(44)36-73-3)43-27-39(28-47(70)31-43)26-38-15-16-40-17-20-45-10-7-8-23-64(45,57(40)29-38)67-63(65)66-46/h15-16,27-29,31-33,37,42,44-46,48-49,52,54,56,60,68-70,72H,4-8,10-13,17-26,30,34-36H2,1-3H3,(H3,65,66,67). The highest BCUT2D eigenvalue weighted by molar-refractivity contribution is 5.96. The third kappa shape index (κ3) is 9.61. The van der Waals surface area contributed by atoms with Crippen molar-refractivity contribution in [2.75, 3.05) is 26.9 Å². The van der Waals surface area contributed by atoms with E-state index in [-0.39, 0.29) is 96.0 Å². The Morgan fingerprint density at radius 2 is 1.80 bits per heavy atom. The Morgan fingerprint density at radius 1 is 0.959 bits per heavy atom. The molecule has 7 N–H and O–H groups in total. The van der Waals surface area contributed by atoms with Gasteiger partial charge in [-0.05, 0) is 207 Å². The van der Waals surface area contributed by atoms with Crippen molar-refractivity contribution in [3.8, 4) is 29.1 Å².